The Balaban J connectivity index is 1.91. The molecule has 4 N–H and O–H groups in total. The fourth-order valence-electron chi connectivity index (χ4n) is 2.19. The van der Waals surface area contributed by atoms with Crippen LogP contribution in [0.1, 0.15) is 22.2 Å². The van der Waals surface area contributed by atoms with E-state index in [9.17, 15) is 14.4 Å². The number of hydrogen-bond acceptors (Lipinski definition) is 5. The lowest BCUT2D eigenvalue weighted by Crippen LogP contribution is -2.40. The van der Waals surface area contributed by atoms with Crippen LogP contribution >= 0.6 is 0 Å². The molecule has 1 atom stereocenters. The van der Waals surface area contributed by atoms with Crippen molar-refractivity contribution in [3.8, 4) is 0 Å². The Morgan fingerprint density at radius 1 is 1.12 bits per heavy atom. The second kappa shape index (κ2) is 8.11. The van der Waals surface area contributed by atoms with Gasteiger partial charge in [-0.05, 0) is 50.5 Å². The molecule has 8 heteroatoms. The minimum absolute atomic E-state index is 0.193. The molecule has 0 spiro atoms. The Labute approximate surface area is 145 Å². The summed E-state index contributed by atoms with van der Waals surface area (Å²) in [5, 5.41) is 5.03. The highest BCUT2D eigenvalue weighted by Gasteiger charge is 2.20. The number of benzene rings is 1. The summed E-state index contributed by atoms with van der Waals surface area (Å²) in [4.78, 5) is 36.8. The molecular formula is C17H20N4O4. The average molecular weight is 344 g/mol. The molecule has 1 aromatic heterocycles. The van der Waals surface area contributed by atoms with Gasteiger partial charge in [-0.25, -0.2) is 0 Å². The van der Waals surface area contributed by atoms with Gasteiger partial charge in [-0.15, -0.1) is 0 Å². The van der Waals surface area contributed by atoms with Crippen LogP contribution in [0.15, 0.2) is 47.1 Å². The van der Waals surface area contributed by atoms with Crippen LogP contribution in [0.25, 0.3) is 0 Å². The van der Waals surface area contributed by atoms with Crippen molar-refractivity contribution in [2.24, 2.45) is 5.73 Å². The molecule has 2 aromatic rings. The maximum Gasteiger partial charge on any atom is 0.313 e. The summed E-state index contributed by atoms with van der Waals surface area (Å²) < 4.78 is 5.34. The summed E-state index contributed by atoms with van der Waals surface area (Å²) in [6.07, 6.45) is 1.55. The van der Waals surface area contributed by atoms with Crippen LogP contribution in [-0.2, 0) is 9.59 Å². The van der Waals surface area contributed by atoms with E-state index in [0.29, 0.717) is 17.0 Å². The van der Waals surface area contributed by atoms with Crippen molar-refractivity contribution in [3.05, 3.63) is 54.0 Å². The van der Waals surface area contributed by atoms with E-state index in [2.05, 4.69) is 10.6 Å². The van der Waals surface area contributed by atoms with Gasteiger partial charge in [0.2, 0.25) is 5.91 Å². The van der Waals surface area contributed by atoms with Crippen LogP contribution in [-0.4, -0.2) is 43.3 Å². The van der Waals surface area contributed by atoms with Gasteiger partial charge < -0.3 is 20.8 Å². The number of nitrogens with one attached hydrogen (secondary N) is 2. The lowest BCUT2D eigenvalue weighted by molar-refractivity contribution is -0.136. The van der Waals surface area contributed by atoms with Gasteiger partial charge >= 0.3 is 11.8 Å². The predicted molar refractivity (Wildman–Crippen MR) is 91.7 cm³/mol. The number of anilines is 1. The van der Waals surface area contributed by atoms with Gasteiger partial charge in [0.05, 0.1) is 12.3 Å². The van der Waals surface area contributed by atoms with E-state index in [-0.39, 0.29) is 12.6 Å². The summed E-state index contributed by atoms with van der Waals surface area (Å²) in [7, 11) is 3.69. The van der Waals surface area contributed by atoms with Gasteiger partial charge in [0, 0.05) is 17.8 Å². The first-order chi connectivity index (χ1) is 11.9. The zero-order valence-corrected chi connectivity index (χ0v) is 14.0. The second-order valence-corrected chi connectivity index (χ2v) is 5.60. The molecule has 132 valence electrons. The van der Waals surface area contributed by atoms with E-state index < -0.39 is 17.7 Å². The molecule has 2 rings (SSSR count). The van der Waals surface area contributed by atoms with Gasteiger partial charge in [-0.1, -0.05) is 0 Å². The molecule has 0 unspecified atom stereocenters. The molecule has 1 aromatic carbocycles. The minimum Gasteiger partial charge on any atom is -0.468 e. The van der Waals surface area contributed by atoms with Crippen LogP contribution in [0.4, 0.5) is 5.69 Å². The summed E-state index contributed by atoms with van der Waals surface area (Å²) in [5.41, 5.74) is 5.85. The van der Waals surface area contributed by atoms with Crippen molar-refractivity contribution >= 4 is 23.4 Å². The van der Waals surface area contributed by atoms with E-state index in [0.717, 1.165) is 0 Å². The number of likely N-dealkylation sites (N-methyl/N-ethyl adjacent to an activating group) is 1. The molecule has 0 bridgehead atoms. The Morgan fingerprint density at radius 3 is 2.32 bits per heavy atom. The molecule has 8 nitrogen and oxygen atoms in total. The molecular weight excluding hydrogens is 324 g/mol. The number of amides is 3. The molecule has 0 saturated carbocycles. The molecule has 0 aliphatic carbocycles. The van der Waals surface area contributed by atoms with Gasteiger partial charge in [-0.3, -0.25) is 19.3 Å². The highest BCUT2D eigenvalue weighted by Crippen LogP contribution is 2.17. The first-order valence-corrected chi connectivity index (χ1v) is 7.57. The topological polar surface area (TPSA) is 118 Å². The summed E-state index contributed by atoms with van der Waals surface area (Å²) in [5.74, 6) is -1.45. The smallest absolute Gasteiger partial charge is 0.313 e. The van der Waals surface area contributed by atoms with E-state index in [1.165, 1.54) is 24.3 Å². The molecule has 25 heavy (non-hydrogen) atoms. The molecule has 0 fully saturated rings. The largest absolute Gasteiger partial charge is 0.468 e. The molecule has 3 amide bonds. The van der Waals surface area contributed by atoms with Crippen LogP contribution < -0.4 is 16.4 Å². The van der Waals surface area contributed by atoms with Crippen molar-refractivity contribution in [2.45, 2.75) is 6.04 Å². The number of carbonyl (C=O) groups is 3. The zero-order chi connectivity index (χ0) is 18.4. The van der Waals surface area contributed by atoms with Crippen LogP contribution in [0, 0.1) is 0 Å². The van der Waals surface area contributed by atoms with E-state index in [4.69, 9.17) is 10.2 Å². The molecule has 0 aliphatic heterocycles. The Morgan fingerprint density at radius 2 is 1.80 bits per heavy atom. The van der Waals surface area contributed by atoms with Gasteiger partial charge in [0.25, 0.3) is 0 Å². The fourth-order valence-corrected chi connectivity index (χ4v) is 2.19. The molecule has 0 saturated heterocycles. The number of hydrogen-bond donors (Lipinski definition) is 3. The van der Waals surface area contributed by atoms with E-state index in [1.54, 1.807) is 18.4 Å². The number of rotatable bonds is 6. The SMILES string of the molecule is CN(C)[C@H](CNC(=O)C(=O)Nc1ccc(C(N)=O)cc1)c1ccco1. The standard InChI is InChI=1S/C17H20N4O4/c1-21(2)13(14-4-3-9-25-14)10-19-16(23)17(24)20-12-7-5-11(6-8-12)15(18)22/h3-9,13H,10H2,1-2H3,(H2,18,22)(H,19,23)(H,20,24)/t13-/m1/s1. The Kier molecular flexibility index (Phi) is 5.91. The quantitative estimate of drug-likeness (QED) is 0.668. The Bertz CT molecular complexity index is 739. The molecule has 0 aliphatic rings. The lowest BCUT2D eigenvalue weighted by Gasteiger charge is -2.22. The summed E-state index contributed by atoms with van der Waals surface area (Å²) >= 11 is 0. The lowest BCUT2D eigenvalue weighted by atomic mass is 10.2. The first kappa shape index (κ1) is 18.2. The van der Waals surface area contributed by atoms with E-state index in [1.807, 2.05) is 19.0 Å². The third kappa shape index (κ3) is 4.92. The first-order valence-electron chi connectivity index (χ1n) is 7.57. The maximum absolute atomic E-state index is 12.0. The zero-order valence-electron chi connectivity index (χ0n) is 14.0. The van der Waals surface area contributed by atoms with Crippen molar-refractivity contribution in [2.75, 3.05) is 26.0 Å². The van der Waals surface area contributed by atoms with Crippen molar-refractivity contribution in [3.63, 3.8) is 0 Å². The van der Waals surface area contributed by atoms with Gasteiger partial charge in [-0.2, -0.15) is 0 Å². The number of primary amides is 1. The normalized spacial score (nSPS) is 11.8. The highest BCUT2D eigenvalue weighted by atomic mass is 16.3. The number of nitrogens with zero attached hydrogens (tertiary/aromatic N) is 1. The monoisotopic (exact) mass is 344 g/mol. The average Bonchev–Trinajstić information content (AvgIpc) is 3.09. The Hall–Kier alpha value is -3.13. The summed E-state index contributed by atoms with van der Waals surface area (Å²) in [6, 6.07) is 9.30. The van der Waals surface area contributed by atoms with E-state index >= 15 is 0 Å². The van der Waals surface area contributed by atoms with Crippen molar-refractivity contribution < 1.29 is 18.8 Å². The predicted octanol–water partition coefficient (Wildman–Crippen LogP) is 0.736. The van der Waals surface area contributed by atoms with Crippen LogP contribution in [0.2, 0.25) is 0 Å². The molecule has 0 radical (unpaired) electrons. The fraction of sp³-hybridized carbons (Fsp3) is 0.235. The maximum atomic E-state index is 12.0. The van der Waals surface area contributed by atoms with Gasteiger partial charge in [0.1, 0.15) is 5.76 Å². The molecule has 1 heterocycles. The number of carbonyl (C=O) groups excluding carboxylic acids is 3. The second-order valence-electron chi connectivity index (χ2n) is 5.60. The van der Waals surface area contributed by atoms with Crippen LogP contribution in [0.5, 0.6) is 0 Å². The summed E-state index contributed by atoms with van der Waals surface area (Å²) in [6.45, 7) is 0.216. The number of furan rings is 1. The van der Waals surface area contributed by atoms with Crippen molar-refractivity contribution in [1.82, 2.24) is 10.2 Å². The third-order valence-electron chi connectivity index (χ3n) is 3.58. The van der Waals surface area contributed by atoms with Crippen LogP contribution in [0.3, 0.4) is 0 Å². The third-order valence-corrected chi connectivity index (χ3v) is 3.58. The highest BCUT2D eigenvalue weighted by molar-refractivity contribution is 6.39. The minimum atomic E-state index is -0.802. The van der Waals surface area contributed by atoms with Crippen molar-refractivity contribution in [1.29, 1.82) is 0 Å². The van der Waals surface area contributed by atoms with Gasteiger partial charge in [0.15, 0.2) is 0 Å². The number of nitrogens with two attached hydrogens (primary N) is 1.